The second-order valence-corrected chi connectivity index (χ2v) is 5.94. The molecule has 1 atom stereocenters. The molecule has 1 N–H and O–H groups in total. The maximum Gasteiger partial charge on any atom is 0.218 e. The third-order valence-corrected chi connectivity index (χ3v) is 3.58. The summed E-state index contributed by atoms with van der Waals surface area (Å²) in [4.78, 5) is 8.62. The van der Waals surface area contributed by atoms with Gasteiger partial charge < -0.3 is 10.1 Å². The molecular formula is C14H23N3O. The van der Waals surface area contributed by atoms with Gasteiger partial charge in [0, 0.05) is 12.1 Å². The number of hydrogen-bond donors (Lipinski definition) is 1. The Morgan fingerprint density at radius 3 is 2.83 bits per heavy atom. The number of anilines is 1. The molecule has 1 saturated carbocycles. The number of nitrogens with one attached hydrogen (secondary N) is 1. The standard InChI is InChI=1S/C14H23N3O/c1-10-15-12(8-13(16-10)18-4)17-11-6-5-7-14(2,3)9-11/h8,11H,5-7,9H2,1-4H3,(H,15,16,17). The molecule has 0 saturated heterocycles. The van der Waals surface area contributed by atoms with Crippen LogP contribution in [0, 0.1) is 12.3 Å². The number of aromatic nitrogens is 2. The van der Waals surface area contributed by atoms with Crippen molar-refractivity contribution >= 4 is 5.82 Å². The minimum Gasteiger partial charge on any atom is -0.481 e. The fourth-order valence-electron chi connectivity index (χ4n) is 2.75. The number of methoxy groups -OCH3 is 1. The molecule has 1 aromatic rings. The first-order valence-electron chi connectivity index (χ1n) is 6.65. The van der Waals surface area contributed by atoms with Crippen LogP contribution >= 0.6 is 0 Å². The van der Waals surface area contributed by atoms with Crippen molar-refractivity contribution in [3.8, 4) is 5.88 Å². The first-order valence-corrected chi connectivity index (χ1v) is 6.65. The van der Waals surface area contributed by atoms with Crippen molar-refractivity contribution in [1.29, 1.82) is 0 Å². The van der Waals surface area contributed by atoms with Crippen LogP contribution in [-0.4, -0.2) is 23.1 Å². The zero-order valence-corrected chi connectivity index (χ0v) is 11.8. The second-order valence-electron chi connectivity index (χ2n) is 5.94. The molecule has 18 heavy (non-hydrogen) atoms. The van der Waals surface area contributed by atoms with E-state index >= 15 is 0 Å². The largest absolute Gasteiger partial charge is 0.481 e. The summed E-state index contributed by atoms with van der Waals surface area (Å²) in [6, 6.07) is 2.38. The lowest BCUT2D eigenvalue weighted by Gasteiger charge is -2.35. The molecule has 1 unspecified atom stereocenters. The quantitative estimate of drug-likeness (QED) is 0.893. The summed E-state index contributed by atoms with van der Waals surface area (Å²) in [6.07, 6.45) is 5.01. The van der Waals surface area contributed by atoms with Crippen molar-refractivity contribution < 1.29 is 4.74 Å². The first kappa shape index (κ1) is 13.1. The second kappa shape index (κ2) is 5.12. The zero-order valence-electron chi connectivity index (χ0n) is 11.8. The van der Waals surface area contributed by atoms with Crippen LogP contribution in [0.25, 0.3) is 0 Å². The molecule has 1 fully saturated rings. The van der Waals surface area contributed by atoms with Crippen molar-refractivity contribution in [3.05, 3.63) is 11.9 Å². The summed E-state index contributed by atoms with van der Waals surface area (Å²) in [5.74, 6) is 2.24. The summed E-state index contributed by atoms with van der Waals surface area (Å²) in [7, 11) is 1.63. The lowest BCUT2D eigenvalue weighted by Crippen LogP contribution is -2.32. The van der Waals surface area contributed by atoms with Crippen LogP contribution < -0.4 is 10.1 Å². The molecule has 0 bridgehead atoms. The highest BCUT2D eigenvalue weighted by Gasteiger charge is 2.28. The lowest BCUT2D eigenvalue weighted by molar-refractivity contribution is 0.229. The number of ether oxygens (including phenoxy) is 1. The Morgan fingerprint density at radius 2 is 2.17 bits per heavy atom. The fraction of sp³-hybridized carbons (Fsp3) is 0.714. The highest BCUT2D eigenvalue weighted by Crippen LogP contribution is 2.36. The van der Waals surface area contributed by atoms with Gasteiger partial charge in [-0.15, -0.1) is 0 Å². The van der Waals surface area contributed by atoms with Crippen LogP contribution in [0.4, 0.5) is 5.82 Å². The number of aryl methyl sites for hydroxylation is 1. The minimum absolute atomic E-state index is 0.433. The summed E-state index contributed by atoms with van der Waals surface area (Å²) in [5.41, 5.74) is 0.433. The Labute approximate surface area is 109 Å². The molecule has 4 heteroatoms. The van der Waals surface area contributed by atoms with Crippen LogP contribution in [0.1, 0.15) is 45.4 Å². The topological polar surface area (TPSA) is 47.0 Å². The predicted molar refractivity (Wildman–Crippen MR) is 73.0 cm³/mol. The summed E-state index contributed by atoms with van der Waals surface area (Å²) in [6.45, 7) is 6.57. The molecule has 0 radical (unpaired) electrons. The van der Waals surface area contributed by atoms with Crippen molar-refractivity contribution in [2.75, 3.05) is 12.4 Å². The molecule has 1 aliphatic carbocycles. The molecule has 1 aromatic heterocycles. The van der Waals surface area contributed by atoms with E-state index in [9.17, 15) is 0 Å². The highest BCUT2D eigenvalue weighted by atomic mass is 16.5. The average molecular weight is 249 g/mol. The molecular weight excluding hydrogens is 226 g/mol. The van der Waals surface area contributed by atoms with Crippen molar-refractivity contribution in [2.45, 2.75) is 52.5 Å². The van der Waals surface area contributed by atoms with Gasteiger partial charge in [0.15, 0.2) is 0 Å². The highest BCUT2D eigenvalue weighted by molar-refractivity contribution is 5.39. The third kappa shape index (κ3) is 3.34. The molecule has 1 aliphatic rings. The van der Waals surface area contributed by atoms with Crippen LogP contribution in [0.5, 0.6) is 5.88 Å². The first-order chi connectivity index (χ1) is 8.48. The molecule has 0 aliphatic heterocycles. The van der Waals surface area contributed by atoms with Gasteiger partial charge in [0.1, 0.15) is 11.6 Å². The smallest absolute Gasteiger partial charge is 0.218 e. The Bertz CT molecular complexity index is 418. The van der Waals surface area contributed by atoms with Gasteiger partial charge in [-0.25, -0.2) is 4.98 Å². The van der Waals surface area contributed by atoms with Crippen LogP contribution in [0.3, 0.4) is 0 Å². The molecule has 100 valence electrons. The van der Waals surface area contributed by atoms with Gasteiger partial charge >= 0.3 is 0 Å². The van der Waals surface area contributed by atoms with E-state index in [4.69, 9.17) is 4.74 Å². The molecule has 2 rings (SSSR count). The van der Waals surface area contributed by atoms with Crippen molar-refractivity contribution in [2.24, 2.45) is 5.41 Å². The van der Waals surface area contributed by atoms with Crippen LogP contribution in [-0.2, 0) is 0 Å². The monoisotopic (exact) mass is 249 g/mol. The van der Waals surface area contributed by atoms with E-state index in [1.54, 1.807) is 7.11 Å². The maximum atomic E-state index is 5.17. The van der Waals surface area contributed by atoms with E-state index in [2.05, 4.69) is 29.1 Å². The Hall–Kier alpha value is -1.32. The molecule has 0 aromatic carbocycles. The van der Waals surface area contributed by atoms with Gasteiger partial charge in [-0.1, -0.05) is 20.3 Å². The molecule has 1 heterocycles. The van der Waals surface area contributed by atoms with Gasteiger partial charge in [-0.2, -0.15) is 4.98 Å². The van der Waals surface area contributed by atoms with Crippen molar-refractivity contribution in [1.82, 2.24) is 9.97 Å². The third-order valence-electron chi connectivity index (χ3n) is 3.58. The van der Waals surface area contributed by atoms with Gasteiger partial charge in [0.05, 0.1) is 7.11 Å². The van der Waals surface area contributed by atoms with E-state index < -0.39 is 0 Å². The van der Waals surface area contributed by atoms with Gasteiger partial charge in [0.25, 0.3) is 0 Å². The van der Waals surface area contributed by atoms with E-state index in [0.717, 1.165) is 11.6 Å². The molecule has 0 amide bonds. The number of hydrogen-bond acceptors (Lipinski definition) is 4. The predicted octanol–water partition coefficient (Wildman–Crippen LogP) is 3.17. The van der Waals surface area contributed by atoms with Gasteiger partial charge in [-0.3, -0.25) is 0 Å². The van der Waals surface area contributed by atoms with E-state index in [1.165, 1.54) is 25.7 Å². The number of nitrogens with zero attached hydrogens (tertiary/aromatic N) is 2. The van der Waals surface area contributed by atoms with Gasteiger partial charge in [-0.05, 0) is 31.6 Å². The normalized spacial score (nSPS) is 22.6. The van der Waals surface area contributed by atoms with Crippen molar-refractivity contribution in [3.63, 3.8) is 0 Å². The minimum atomic E-state index is 0.433. The maximum absolute atomic E-state index is 5.17. The summed E-state index contributed by atoms with van der Waals surface area (Å²) >= 11 is 0. The Kier molecular flexibility index (Phi) is 3.73. The SMILES string of the molecule is COc1cc(NC2CCCC(C)(C)C2)nc(C)n1. The summed E-state index contributed by atoms with van der Waals surface area (Å²) < 4.78 is 5.17. The zero-order chi connectivity index (χ0) is 13.2. The Balaban J connectivity index is 2.07. The Morgan fingerprint density at radius 1 is 1.39 bits per heavy atom. The van der Waals surface area contributed by atoms with E-state index in [1.807, 2.05) is 13.0 Å². The summed E-state index contributed by atoms with van der Waals surface area (Å²) in [5, 5.41) is 3.52. The van der Waals surface area contributed by atoms with Crippen LogP contribution in [0.15, 0.2) is 6.07 Å². The van der Waals surface area contributed by atoms with E-state index in [0.29, 0.717) is 17.3 Å². The average Bonchev–Trinajstić information content (AvgIpc) is 2.26. The molecule has 4 nitrogen and oxygen atoms in total. The van der Waals surface area contributed by atoms with Crippen LogP contribution in [0.2, 0.25) is 0 Å². The fourth-order valence-corrected chi connectivity index (χ4v) is 2.75. The lowest BCUT2D eigenvalue weighted by atomic mass is 9.75. The van der Waals surface area contributed by atoms with Gasteiger partial charge in [0.2, 0.25) is 5.88 Å². The number of rotatable bonds is 3. The molecule has 0 spiro atoms. The van der Waals surface area contributed by atoms with E-state index in [-0.39, 0.29) is 0 Å².